The van der Waals surface area contributed by atoms with Crippen LogP contribution < -0.4 is 4.90 Å². The minimum Gasteiger partial charge on any atom is -0.370 e. The summed E-state index contributed by atoms with van der Waals surface area (Å²) in [5.74, 6) is 0.955. The van der Waals surface area contributed by atoms with E-state index in [0.717, 1.165) is 12.0 Å². The average Bonchev–Trinajstić information content (AvgIpc) is 3.28. The zero-order valence-corrected chi connectivity index (χ0v) is 14.4. The first kappa shape index (κ1) is 15.5. The third kappa shape index (κ3) is 3.72. The van der Waals surface area contributed by atoms with Crippen LogP contribution in [0.2, 0.25) is 0 Å². The fourth-order valence-corrected chi connectivity index (χ4v) is 4.74. The molecule has 23 heavy (non-hydrogen) atoms. The van der Waals surface area contributed by atoms with Gasteiger partial charge in [0, 0.05) is 31.4 Å². The summed E-state index contributed by atoms with van der Waals surface area (Å²) in [5.41, 5.74) is 1.40. The first-order valence-corrected chi connectivity index (χ1v) is 9.65. The Bertz CT molecular complexity index is 475. The molecule has 3 aliphatic rings. The summed E-state index contributed by atoms with van der Waals surface area (Å²) in [6.07, 6.45) is 7.02. The summed E-state index contributed by atoms with van der Waals surface area (Å²) in [7, 11) is 0. The molecule has 0 saturated carbocycles. The van der Waals surface area contributed by atoms with Gasteiger partial charge in [0.1, 0.15) is 0 Å². The summed E-state index contributed by atoms with van der Waals surface area (Å²) >= 11 is 0. The predicted octanol–water partition coefficient (Wildman–Crippen LogP) is 3.07. The van der Waals surface area contributed by atoms with Gasteiger partial charge in [0.15, 0.2) is 0 Å². The minimum atomic E-state index is 0.781. The van der Waals surface area contributed by atoms with Crippen LogP contribution in [-0.2, 0) is 0 Å². The van der Waals surface area contributed by atoms with Gasteiger partial charge in [-0.2, -0.15) is 0 Å². The molecule has 3 heterocycles. The second-order valence-corrected chi connectivity index (χ2v) is 7.71. The summed E-state index contributed by atoms with van der Waals surface area (Å²) in [6.45, 7) is 9.18. The maximum Gasteiger partial charge on any atom is 0.0366 e. The highest BCUT2D eigenvalue weighted by Gasteiger charge is 2.31. The maximum absolute atomic E-state index is 2.78. The molecule has 0 radical (unpaired) electrons. The van der Waals surface area contributed by atoms with Crippen molar-refractivity contribution in [1.29, 1.82) is 0 Å². The van der Waals surface area contributed by atoms with Gasteiger partial charge in [-0.3, -0.25) is 4.90 Å². The fourth-order valence-electron chi connectivity index (χ4n) is 4.74. The quantitative estimate of drug-likeness (QED) is 0.846. The second-order valence-electron chi connectivity index (χ2n) is 7.71. The van der Waals surface area contributed by atoms with Crippen molar-refractivity contribution in [1.82, 2.24) is 9.80 Å². The van der Waals surface area contributed by atoms with Gasteiger partial charge in [0.05, 0.1) is 0 Å². The van der Waals surface area contributed by atoms with Gasteiger partial charge in [0.2, 0.25) is 0 Å². The first-order valence-electron chi connectivity index (χ1n) is 9.65. The van der Waals surface area contributed by atoms with Crippen LogP contribution >= 0.6 is 0 Å². The molecule has 0 aromatic heterocycles. The highest BCUT2D eigenvalue weighted by molar-refractivity contribution is 5.47. The number of piperidine rings is 1. The van der Waals surface area contributed by atoms with E-state index in [2.05, 4.69) is 45.0 Å². The van der Waals surface area contributed by atoms with Gasteiger partial charge in [-0.1, -0.05) is 18.2 Å². The van der Waals surface area contributed by atoms with Crippen molar-refractivity contribution in [2.24, 2.45) is 5.92 Å². The lowest BCUT2D eigenvalue weighted by Gasteiger charge is -2.37. The highest BCUT2D eigenvalue weighted by Crippen LogP contribution is 2.27. The summed E-state index contributed by atoms with van der Waals surface area (Å²) in [5, 5.41) is 0. The number of nitrogens with zero attached hydrogens (tertiary/aromatic N) is 3. The Labute approximate surface area is 141 Å². The molecule has 126 valence electrons. The monoisotopic (exact) mass is 313 g/mol. The lowest BCUT2D eigenvalue weighted by molar-refractivity contribution is 0.123. The molecule has 0 spiro atoms. The van der Waals surface area contributed by atoms with Crippen LogP contribution in [0.3, 0.4) is 0 Å². The van der Waals surface area contributed by atoms with Gasteiger partial charge in [0.25, 0.3) is 0 Å². The van der Waals surface area contributed by atoms with E-state index in [4.69, 9.17) is 0 Å². The third-order valence-corrected chi connectivity index (χ3v) is 6.17. The maximum atomic E-state index is 2.78. The van der Waals surface area contributed by atoms with Crippen molar-refractivity contribution in [3.05, 3.63) is 30.3 Å². The van der Waals surface area contributed by atoms with Gasteiger partial charge in [-0.15, -0.1) is 0 Å². The molecule has 1 unspecified atom stereocenters. The van der Waals surface area contributed by atoms with E-state index in [9.17, 15) is 0 Å². The molecule has 0 N–H and O–H groups in total. The summed E-state index contributed by atoms with van der Waals surface area (Å²) in [6, 6.07) is 11.7. The smallest absolute Gasteiger partial charge is 0.0366 e. The number of benzene rings is 1. The largest absolute Gasteiger partial charge is 0.370 e. The van der Waals surface area contributed by atoms with Crippen LogP contribution in [0.15, 0.2) is 30.3 Å². The van der Waals surface area contributed by atoms with Crippen molar-refractivity contribution in [3.63, 3.8) is 0 Å². The van der Waals surface area contributed by atoms with Crippen molar-refractivity contribution in [3.8, 4) is 0 Å². The second kappa shape index (κ2) is 7.23. The Balaban J connectivity index is 1.24. The van der Waals surface area contributed by atoms with Crippen LogP contribution in [0, 0.1) is 5.92 Å². The molecule has 3 fully saturated rings. The van der Waals surface area contributed by atoms with Crippen LogP contribution in [0.4, 0.5) is 5.69 Å². The topological polar surface area (TPSA) is 9.72 Å². The lowest BCUT2D eigenvalue weighted by atomic mass is 9.95. The van der Waals surface area contributed by atoms with E-state index >= 15 is 0 Å². The molecule has 1 aromatic carbocycles. The Morgan fingerprint density at radius 1 is 0.826 bits per heavy atom. The average molecular weight is 313 g/mol. The van der Waals surface area contributed by atoms with Crippen LogP contribution in [0.1, 0.15) is 32.1 Å². The fraction of sp³-hybridized carbons (Fsp3) is 0.700. The Hall–Kier alpha value is -1.06. The normalized spacial score (nSPS) is 27.8. The van der Waals surface area contributed by atoms with Crippen LogP contribution in [0.25, 0.3) is 0 Å². The lowest BCUT2D eigenvalue weighted by Crippen LogP contribution is -2.44. The summed E-state index contributed by atoms with van der Waals surface area (Å²) < 4.78 is 0. The molecule has 3 saturated heterocycles. The van der Waals surface area contributed by atoms with Gasteiger partial charge >= 0.3 is 0 Å². The van der Waals surface area contributed by atoms with Crippen molar-refractivity contribution >= 4 is 5.69 Å². The molecule has 0 aliphatic carbocycles. The number of likely N-dealkylation sites (tertiary alicyclic amines) is 2. The van der Waals surface area contributed by atoms with Gasteiger partial charge < -0.3 is 9.80 Å². The standard InChI is InChI=1S/C20H31N3/c1-2-6-19(7-3-1)23-15-10-20(17-23)22-13-8-18(9-14-22)16-21-11-4-5-12-21/h1-3,6-7,18,20H,4-5,8-17H2. The zero-order valence-electron chi connectivity index (χ0n) is 14.4. The highest BCUT2D eigenvalue weighted by atomic mass is 15.3. The van der Waals surface area contributed by atoms with Gasteiger partial charge in [-0.25, -0.2) is 0 Å². The molecule has 1 aromatic rings. The molecule has 4 rings (SSSR count). The number of para-hydroxylation sites is 1. The number of rotatable bonds is 4. The van der Waals surface area contributed by atoms with E-state index in [1.807, 2.05) is 0 Å². The Morgan fingerprint density at radius 2 is 1.57 bits per heavy atom. The molecular weight excluding hydrogens is 282 g/mol. The van der Waals surface area contributed by atoms with Crippen molar-refractivity contribution < 1.29 is 0 Å². The van der Waals surface area contributed by atoms with Gasteiger partial charge in [-0.05, 0) is 76.3 Å². The molecule has 1 atom stereocenters. The summed E-state index contributed by atoms with van der Waals surface area (Å²) in [4.78, 5) is 8.05. The molecule has 3 heteroatoms. The van der Waals surface area contributed by atoms with Crippen molar-refractivity contribution in [2.75, 3.05) is 50.7 Å². The first-order chi connectivity index (χ1) is 11.4. The zero-order chi connectivity index (χ0) is 15.5. The number of hydrogen-bond donors (Lipinski definition) is 0. The Kier molecular flexibility index (Phi) is 4.86. The molecule has 0 bridgehead atoms. The minimum absolute atomic E-state index is 0.781. The van der Waals surface area contributed by atoms with E-state index in [1.165, 1.54) is 83.6 Å². The number of anilines is 1. The SMILES string of the molecule is c1ccc(N2CCC(N3CCC(CN4CCCC4)CC3)C2)cc1. The third-order valence-electron chi connectivity index (χ3n) is 6.17. The van der Waals surface area contributed by atoms with Crippen LogP contribution in [-0.4, -0.2) is 61.7 Å². The molecule has 0 amide bonds. The van der Waals surface area contributed by atoms with E-state index < -0.39 is 0 Å². The van der Waals surface area contributed by atoms with E-state index in [-0.39, 0.29) is 0 Å². The molecular formula is C20H31N3. The van der Waals surface area contributed by atoms with E-state index in [0.29, 0.717) is 0 Å². The van der Waals surface area contributed by atoms with Crippen LogP contribution in [0.5, 0.6) is 0 Å². The molecule has 3 nitrogen and oxygen atoms in total. The van der Waals surface area contributed by atoms with E-state index in [1.54, 1.807) is 0 Å². The Morgan fingerprint density at radius 3 is 2.30 bits per heavy atom. The predicted molar refractivity (Wildman–Crippen MR) is 97.0 cm³/mol. The number of hydrogen-bond acceptors (Lipinski definition) is 3. The van der Waals surface area contributed by atoms with Crippen molar-refractivity contribution in [2.45, 2.75) is 38.1 Å². The molecule has 3 aliphatic heterocycles.